The Morgan fingerprint density at radius 3 is 2.04 bits per heavy atom. The highest BCUT2D eigenvalue weighted by atomic mass is 16.6. The number of hydrogen-bond acceptors (Lipinski definition) is 6. The molecule has 1 saturated heterocycles. The summed E-state index contributed by atoms with van der Waals surface area (Å²) in [5.41, 5.74) is -0.0354. The van der Waals surface area contributed by atoms with Crippen molar-refractivity contribution < 1.29 is 28.9 Å². The number of ether oxygens (including phenoxy) is 3. The van der Waals surface area contributed by atoms with Gasteiger partial charge in [0.2, 0.25) is 0 Å². The molecule has 6 nitrogen and oxygen atoms in total. The van der Waals surface area contributed by atoms with Crippen LogP contribution in [-0.4, -0.2) is 56.3 Å². The maximum Gasteiger partial charge on any atom is 0.338 e. The first kappa shape index (κ1) is 20.1. The monoisotopic (exact) mass is 382 g/mol. The molecular formula is C21H23BO6. The fourth-order valence-corrected chi connectivity index (χ4v) is 3.31. The smallest absolute Gasteiger partial charge is 0.338 e. The van der Waals surface area contributed by atoms with Crippen molar-refractivity contribution in [3.8, 4) is 0 Å². The lowest BCUT2D eigenvalue weighted by Crippen LogP contribution is -2.45. The largest absolute Gasteiger partial charge is 0.461 e. The summed E-state index contributed by atoms with van der Waals surface area (Å²) in [4.78, 5) is 24.5. The summed E-state index contributed by atoms with van der Waals surface area (Å²) in [5.74, 6) is -0.949. The van der Waals surface area contributed by atoms with E-state index < -0.39 is 35.6 Å². The minimum atomic E-state index is -0.902. The van der Waals surface area contributed by atoms with E-state index in [9.17, 15) is 14.7 Å². The zero-order valence-electron chi connectivity index (χ0n) is 15.9. The third kappa shape index (κ3) is 4.26. The second-order valence-corrected chi connectivity index (χ2v) is 7.19. The SMILES string of the molecule is B[C@H]1OC(COC(=O)c2ccccc2)[C@@](C)(COC(=O)c2ccccc2)C1O. The van der Waals surface area contributed by atoms with Crippen LogP contribution in [0.15, 0.2) is 60.7 Å². The van der Waals surface area contributed by atoms with Crippen LogP contribution >= 0.6 is 0 Å². The van der Waals surface area contributed by atoms with Gasteiger partial charge in [0.1, 0.15) is 27.2 Å². The average Bonchev–Trinajstić information content (AvgIpc) is 2.95. The lowest BCUT2D eigenvalue weighted by atomic mass is 9.76. The van der Waals surface area contributed by atoms with Crippen molar-refractivity contribution in [2.45, 2.75) is 25.1 Å². The number of carbonyl (C=O) groups is 2. The van der Waals surface area contributed by atoms with Gasteiger partial charge in [0.15, 0.2) is 0 Å². The first-order valence-corrected chi connectivity index (χ1v) is 9.19. The summed E-state index contributed by atoms with van der Waals surface area (Å²) in [7, 11) is 1.74. The van der Waals surface area contributed by atoms with Gasteiger partial charge >= 0.3 is 11.9 Å². The molecule has 0 aliphatic carbocycles. The third-order valence-electron chi connectivity index (χ3n) is 5.13. The fraction of sp³-hybridized carbons (Fsp3) is 0.333. The number of esters is 2. The average molecular weight is 382 g/mol. The highest BCUT2D eigenvalue weighted by Crippen LogP contribution is 2.38. The molecule has 2 unspecified atom stereocenters. The molecule has 0 amide bonds. The first-order chi connectivity index (χ1) is 13.4. The van der Waals surface area contributed by atoms with Crippen LogP contribution in [0.3, 0.4) is 0 Å². The summed E-state index contributed by atoms with van der Waals surface area (Å²) < 4.78 is 16.6. The van der Waals surface area contributed by atoms with Gasteiger partial charge in [-0.25, -0.2) is 9.59 Å². The molecule has 1 N–H and O–H groups in total. The van der Waals surface area contributed by atoms with Gasteiger partial charge in [0.25, 0.3) is 0 Å². The van der Waals surface area contributed by atoms with Crippen LogP contribution in [0.1, 0.15) is 27.6 Å². The second kappa shape index (κ2) is 8.58. The van der Waals surface area contributed by atoms with E-state index in [1.165, 1.54) is 0 Å². The van der Waals surface area contributed by atoms with Crippen LogP contribution in [0.25, 0.3) is 0 Å². The zero-order chi connectivity index (χ0) is 20.1. The molecule has 1 heterocycles. The van der Waals surface area contributed by atoms with Crippen molar-refractivity contribution in [2.24, 2.45) is 5.41 Å². The molecule has 1 fully saturated rings. The predicted octanol–water partition coefficient (Wildman–Crippen LogP) is 1.43. The van der Waals surface area contributed by atoms with E-state index in [1.807, 2.05) is 12.1 Å². The molecule has 7 heteroatoms. The van der Waals surface area contributed by atoms with Crippen molar-refractivity contribution in [1.29, 1.82) is 0 Å². The third-order valence-corrected chi connectivity index (χ3v) is 5.13. The van der Waals surface area contributed by atoms with Gasteiger partial charge in [0.05, 0.1) is 28.6 Å². The molecule has 0 bridgehead atoms. The Labute approximate surface area is 164 Å². The zero-order valence-corrected chi connectivity index (χ0v) is 15.9. The van der Waals surface area contributed by atoms with E-state index in [1.54, 1.807) is 63.3 Å². The van der Waals surface area contributed by atoms with Crippen molar-refractivity contribution in [3.63, 3.8) is 0 Å². The maximum absolute atomic E-state index is 12.3. The Morgan fingerprint density at radius 2 is 1.50 bits per heavy atom. The van der Waals surface area contributed by atoms with Gasteiger partial charge in [-0.15, -0.1) is 0 Å². The van der Waals surface area contributed by atoms with Crippen LogP contribution in [0, 0.1) is 5.41 Å². The van der Waals surface area contributed by atoms with Gasteiger partial charge in [-0.2, -0.15) is 0 Å². The normalized spacial score (nSPS) is 26.6. The standard InChI is InChI=1S/C21H23BO6/c1-21(13-27-20(25)15-10-6-3-7-11-15)16(28-18(22)17(21)23)12-26-19(24)14-8-4-2-5-9-14/h2-11,16-18,23H,12-13,22H2,1H3/t16?,17?,18-,21+/m0/s1. The molecule has 146 valence electrons. The summed E-state index contributed by atoms with van der Waals surface area (Å²) in [6, 6.07) is 16.8. The molecule has 1 aliphatic rings. The topological polar surface area (TPSA) is 82.1 Å². The number of aliphatic hydroxyl groups is 1. The predicted molar refractivity (Wildman–Crippen MR) is 105 cm³/mol. The van der Waals surface area contributed by atoms with Gasteiger partial charge in [0, 0.05) is 0 Å². The van der Waals surface area contributed by atoms with E-state index >= 15 is 0 Å². The van der Waals surface area contributed by atoms with E-state index in [2.05, 4.69) is 0 Å². The Kier molecular flexibility index (Phi) is 6.16. The fourth-order valence-electron chi connectivity index (χ4n) is 3.31. The molecule has 0 radical (unpaired) electrons. The molecule has 0 spiro atoms. The molecule has 2 aromatic rings. The Hall–Kier alpha value is -2.64. The van der Waals surface area contributed by atoms with Crippen molar-refractivity contribution in [2.75, 3.05) is 13.2 Å². The molecule has 0 aromatic heterocycles. The Bertz CT molecular complexity index is 812. The van der Waals surface area contributed by atoms with Crippen molar-refractivity contribution in [1.82, 2.24) is 0 Å². The minimum absolute atomic E-state index is 0.0471. The molecule has 2 aromatic carbocycles. The van der Waals surface area contributed by atoms with Crippen LogP contribution in [0.4, 0.5) is 0 Å². The summed E-state index contributed by atoms with van der Waals surface area (Å²) in [6.07, 6.45) is -1.47. The van der Waals surface area contributed by atoms with E-state index in [-0.39, 0.29) is 13.2 Å². The van der Waals surface area contributed by atoms with E-state index in [0.717, 1.165) is 0 Å². The summed E-state index contributed by atoms with van der Waals surface area (Å²) in [5, 5.41) is 10.6. The van der Waals surface area contributed by atoms with Gasteiger partial charge < -0.3 is 19.3 Å². The minimum Gasteiger partial charge on any atom is -0.461 e. The number of aliphatic hydroxyl groups excluding tert-OH is 1. The molecule has 1 aliphatic heterocycles. The first-order valence-electron chi connectivity index (χ1n) is 9.19. The van der Waals surface area contributed by atoms with Gasteiger partial charge in [-0.1, -0.05) is 43.3 Å². The molecule has 0 saturated carbocycles. The molecular weight excluding hydrogens is 359 g/mol. The number of rotatable bonds is 6. The lowest BCUT2D eigenvalue weighted by molar-refractivity contribution is -0.0475. The molecule has 3 rings (SSSR count). The second-order valence-electron chi connectivity index (χ2n) is 7.19. The van der Waals surface area contributed by atoms with Crippen molar-refractivity contribution >= 4 is 19.8 Å². The quantitative estimate of drug-likeness (QED) is 0.601. The van der Waals surface area contributed by atoms with Gasteiger partial charge in [-0.05, 0) is 24.3 Å². The Balaban J connectivity index is 1.64. The number of carbonyl (C=O) groups excluding carboxylic acids is 2. The van der Waals surface area contributed by atoms with Crippen molar-refractivity contribution in [3.05, 3.63) is 71.8 Å². The summed E-state index contributed by atoms with van der Waals surface area (Å²) in [6.45, 7) is 1.66. The highest BCUT2D eigenvalue weighted by molar-refractivity contribution is 6.11. The number of hydrogen-bond donors (Lipinski definition) is 1. The number of benzene rings is 2. The summed E-state index contributed by atoms with van der Waals surface area (Å²) >= 11 is 0. The van der Waals surface area contributed by atoms with E-state index in [4.69, 9.17) is 14.2 Å². The molecule has 4 atom stereocenters. The highest BCUT2D eigenvalue weighted by Gasteiger charge is 2.52. The van der Waals surface area contributed by atoms with Crippen LogP contribution in [-0.2, 0) is 14.2 Å². The van der Waals surface area contributed by atoms with Crippen LogP contribution in [0.2, 0.25) is 0 Å². The lowest BCUT2D eigenvalue weighted by Gasteiger charge is -2.31. The molecule has 28 heavy (non-hydrogen) atoms. The van der Waals surface area contributed by atoms with E-state index in [0.29, 0.717) is 11.1 Å². The Morgan fingerprint density at radius 1 is 1.00 bits per heavy atom. The maximum atomic E-state index is 12.3. The van der Waals surface area contributed by atoms with Gasteiger partial charge in [-0.3, -0.25) is 0 Å². The van der Waals surface area contributed by atoms with Crippen LogP contribution < -0.4 is 0 Å². The van der Waals surface area contributed by atoms with Crippen LogP contribution in [0.5, 0.6) is 0 Å².